The number of nitrogens with two attached hydrogens (primary N) is 1. The van der Waals surface area contributed by atoms with E-state index in [1.54, 1.807) is 0 Å². The van der Waals surface area contributed by atoms with Crippen LogP contribution < -0.4 is 5.73 Å². The predicted octanol–water partition coefficient (Wildman–Crippen LogP) is 2.94. The average Bonchev–Trinajstić information content (AvgIpc) is 3.00. The van der Waals surface area contributed by atoms with Crippen LogP contribution in [0.15, 0.2) is 24.3 Å². The van der Waals surface area contributed by atoms with Crippen molar-refractivity contribution in [3.63, 3.8) is 0 Å². The minimum atomic E-state index is -0.306. The third-order valence-electron chi connectivity index (χ3n) is 7.18. The topological polar surface area (TPSA) is 43.1 Å². The van der Waals surface area contributed by atoms with Crippen molar-refractivity contribution in [3.05, 3.63) is 24.3 Å². The summed E-state index contributed by atoms with van der Waals surface area (Å²) < 4.78 is 0. The highest BCUT2D eigenvalue weighted by Gasteiger charge is 2.76. The van der Waals surface area contributed by atoms with Crippen molar-refractivity contribution in [2.75, 3.05) is 0 Å². The van der Waals surface area contributed by atoms with E-state index in [2.05, 4.69) is 32.6 Å². The molecule has 1 spiro atoms. The standard InChI is InChI=1S/C18H25NO/c1-10-6-13-11(2)7-12-4-5-18(13,8-10)16-15(12)17(16,3)14(19)9-20/h4-5,9-10,12-16H,2,6-8,19H2,1,3H3. The van der Waals surface area contributed by atoms with Crippen LogP contribution in [0.5, 0.6) is 0 Å². The van der Waals surface area contributed by atoms with E-state index in [4.69, 9.17) is 5.73 Å². The Balaban J connectivity index is 1.83. The zero-order valence-electron chi connectivity index (χ0n) is 12.5. The van der Waals surface area contributed by atoms with Crippen molar-refractivity contribution >= 4 is 6.29 Å². The fraction of sp³-hybridized carbons (Fsp3) is 0.722. The van der Waals surface area contributed by atoms with E-state index in [0.29, 0.717) is 23.7 Å². The fourth-order valence-electron chi connectivity index (χ4n) is 6.46. The molecule has 5 rings (SSSR count). The van der Waals surface area contributed by atoms with Gasteiger partial charge in [0.1, 0.15) is 6.29 Å². The Morgan fingerprint density at radius 2 is 2.30 bits per heavy atom. The van der Waals surface area contributed by atoms with Gasteiger partial charge in [0.05, 0.1) is 6.04 Å². The van der Waals surface area contributed by atoms with E-state index in [-0.39, 0.29) is 16.9 Å². The Labute approximate surface area is 121 Å². The molecule has 0 aromatic heterocycles. The molecule has 3 saturated carbocycles. The van der Waals surface area contributed by atoms with Crippen LogP contribution in [0.4, 0.5) is 0 Å². The highest BCUT2D eigenvalue weighted by molar-refractivity contribution is 5.61. The SMILES string of the molecule is C=C1CC2C=CC3(CC(C)CC13)C1C2C1(C)C(N)C=O. The zero-order valence-corrected chi connectivity index (χ0v) is 12.5. The predicted molar refractivity (Wildman–Crippen MR) is 79.8 cm³/mol. The molecule has 0 aromatic rings. The Morgan fingerprint density at radius 1 is 1.55 bits per heavy atom. The summed E-state index contributed by atoms with van der Waals surface area (Å²) in [6.45, 7) is 9.04. The molecule has 8 unspecified atom stereocenters. The Bertz CT molecular complexity index is 524. The molecule has 0 saturated heterocycles. The van der Waals surface area contributed by atoms with Crippen LogP contribution in [0.2, 0.25) is 0 Å². The molecule has 8 atom stereocenters. The van der Waals surface area contributed by atoms with E-state index in [1.165, 1.54) is 18.4 Å². The van der Waals surface area contributed by atoms with Gasteiger partial charge < -0.3 is 10.5 Å². The van der Waals surface area contributed by atoms with Crippen LogP contribution in [0.1, 0.15) is 33.1 Å². The first-order valence-electron chi connectivity index (χ1n) is 8.03. The van der Waals surface area contributed by atoms with Crippen molar-refractivity contribution in [3.8, 4) is 0 Å². The highest BCUT2D eigenvalue weighted by Crippen LogP contribution is 2.79. The molecule has 5 aliphatic rings. The van der Waals surface area contributed by atoms with Crippen molar-refractivity contribution in [1.82, 2.24) is 0 Å². The second-order valence-electron chi connectivity index (χ2n) is 8.13. The van der Waals surface area contributed by atoms with E-state index >= 15 is 0 Å². The van der Waals surface area contributed by atoms with E-state index < -0.39 is 0 Å². The van der Waals surface area contributed by atoms with Crippen molar-refractivity contribution < 1.29 is 4.79 Å². The van der Waals surface area contributed by atoms with Gasteiger partial charge >= 0.3 is 0 Å². The summed E-state index contributed by atoms with van der Waals surface area (Å²) in [5, 5.41) is 0. The molecule has 2 N–H and O–H groups in total. The first-order valence-corrected chi connectivity index (χ1v) is 8.03. The average molecular weight is 271 g/mol. The second-order valence-corrected chi connectivity index (χ2v) is 8.13. The molecule has 2 bridgehead atoms. The van der Waals surface area contributed by atoms with Crippen LogP contribution in [0.25, 0.3) is 0 Å². The number of hydrogen-bond acceptors (Lipinski definition) is 2. The molecule has 20 heavy (non-hydrogen) atoms. The highest BCUT2D eigenvalue weighted by atomic mass is 16.1. The summed E-state index contributed by atoms with van der Waals surface area (Å²) in [7, 11) is 0. The number of fused-ring (bicyclic) bond motifs is 1. The number of rotatable bonds is 2. The van der Waals surface area contributed by atoms with E-state index in [0.717, 1.165) is 18.6 Å². The van der Waals surface area contributed by atoms with Gasteiger partial charge in [0.2, 0.25) is 0 Å². The molecule has 0 heterocycles. The van der Waals surface area contributed by atoms with Gasteiger partial charge in [-0.25, -0.2) is 0 Å². The zero-order chi connectivity index (χ0) is 14.3. The monoisotopic (exact) mass is 271 g/mol. The fourth-order valence-corrected chi connectivity index (χ4v) is 6.46. The van der Waals surface area contributed by atoms with Gasteiger partial charge in [-0.2, -0.15) is 0 Å². The first-order chi connectivity index (χ1) is 9.45. The third-order valence-corrected chi connectivity index (χ3v) is 7.18. The summed E-state index contributed by atoms with van der Waals surface area (Å²) in [5.41, 5.74) is 7.93. The van der Waals surface area contributed by atoms with Gasteiger partial charge in [0.25, 0.3) is 0 Å². The van der Waals surface area contributed by atoms with Crippen LogP contribution in [-0.2, 0) is 4.79 Å². The molecule has 2 heteroatoms. The van der Waals surface area contributed by atoms with E-state index in [1.807, 2.05) is 0 Å². The van der Waals surface area contributed by atoms with Gasteiger partial charge in [-0.05, 0) is 59.7 Å². The normalized spacial score (nSPS) is 57.0. The minimum absolute atomic E-state index is 0.0128. The summed E-state index contributed by atoms with van der Waals surface area (Å²) in [5.74, 6) is 3.14. The van der Waals surface area contributed by atoms with Gasteiger partial charge in [0.15, 0.2) is 0 Å². The Morgan fingerprint density at radius 3 is 3.00 bits per heavy atom. The maximum atomic E-state index is 11.3. The number of aldehydes is 1. The lowest BCUT2D eigenvalue weighted by Crippen LogP contribution is -2.37. The van der Waals surface area contributed by atoms with Gasteiger partial charge in [-0.1, -0.05) is 38.2 Å². The lowest BCUT2D eigenvalue weighted by Gasteiger charge is -2.36. The molecule has 0 aromatic carbocycles. The van der Waals surface area contributed by atoms with Crippen molar-refractivity contribution in [2.45, 2.75) is 39.2 Å². The molecular formula is C18H25NO. The molecule has 2 nitrogen and oxygen atoms in total. The van der Waals surface area contributed by atoms with Crippen LogP contribution in [-0.4, -0.2) is 12.3 Å². The summed E-state index contributed by atoms with van der Waals surface area (Å²) in [6, 6.07) is -0.306. The molecule has 0 aliphatic heterocycles. The largest absolute Gasteiger partial charge is 0.321 e. The summed E-state index contributed by atoms with van der Waals surface area (Å²) >= 11 is 0. The number of hydrogen-bond donors (Lipinski definition) is 1. The quantitative estimate of drug-likeness (QED) is 0.620. The molecule has 108 valence electrons. The second kappa shape index (κ2) is 3.65. The smallest absolute Gasteiger partial charge is 0.137 e. The Kier molecular flexibility index (Phi) is 2.34. The minimum Gasteiger partial charge on any atom is -0.321 e. The van der Waals surface area contributed by atoms with Gasteiger partial charge in [0, 0.05) is 0 Å². The maximum absolute atomic E-state index is 11.3. The molecule has 0 amide bonds. The lowest BCUT2D eigenvalue weighted by molar-refractivity contribution is -0.110. The van der Waals surface area contributed by atoms with Crippen molar-refractivity contribution in [1.29, 1.82) is 0 Å². The van der Waals surface area contributed by atoms with Crippen LogP contribution in [0.3, 0.4) is 0 Å². The molecule has 5 aliphatic carbocycles. The molecule has 0 radical (unpaired) electrons. The van der Waals surface area contributed by atoms with Crippen molar-refractivity contribution in [2.24, 2.45) is 46.2 Å². The maximum Gasteiger partial charge on any atom is 0.137 e. The van der Waals surface area contributed by atoms with Crippen LogP contribution >= 0.6 is 0 Å². The van der Waals surface area contributed by atoms with Gasteiger partial charge in [-0.15, -0.1) is 0 Å². The first kappa shape index (κ1) is 12.8. The molecular weight excluding hydrogens is 246 g/mol. The lowest BCUT2D eigenvalue weighted by atomic mass is 9.68. The number of carbonyl (C=O) groups excluding carboxylic acids is 1. The van der Waals surface area contributed by atoms with Gasteiger partial charge in [-0.3, -0.25) is 0 Å². The van der Waals surface area contributed by atoms with Crippen LogP contribution in [0, 0.1) is 40.4 Å². The summed E-state index contributed by atoms with van der Waals surface area (Å²) in [4.78, 5) is 11.3. The summed E-state index contributed by atoms with van der Waals surface area (Å²) in [6.07, 6.45) is 9.56. The third kappa shape index (κ3) is 1.23. The van der Waals surface area contributed by atoms with E-state index in [9.17, 15) is 4.79 Å². The number of carbonyl (C=O) groups is 1. The number of allylic oxidation sites excluding steroid dienone is 3. The Hall–Kier alpha value is -0.890. The molecule has 3 fully saturated rings.